The molecule has 2 aromatic carbocycles. The number of ether oxygens (including phenoxy) is 1. The molecule has 3 rings (SSSR count). The van der Waals surface area contributed by atoms with Crippen LogP contribution in [0.5, 0.6) is 5.75 Å². The Bertz CT molecular complexity index is 1030. The van der Waals surface area contributed by atoms with Crippen LogP contribution >= 0.6 is 0 Å². The summed E-state index contributed by atoms with van der Waals surface area (Å²) >= 11 is 0. The third-order valence-electron chi connectivity index (χ3n) is 4.47. The van der Waals surface area contributed by atoms with E-state index in [0.29, 0.717) is 22.8 Å². The molecule has 26 heavy (non-hydrogen) atoms. The van der Waals surface area contributed by atoms with Gasteiger partial charge in [-0.3, -0.25) is 4.79 Å². The molecule has 0 unspecified atom stereocenters. The molecular weight excluding hydrogens is 328 g/mol. The molecule has 134 valence electrons. The van der Waals surface area contributed by atoms with E-state index in [9.17, 15) is 9.59 Å². The summed E-state index contributed by atoms with van der Waals surface area (Å²) in [4.78, 5) is 23.4. The Labute approximate surface area is 152 Å². The van der Waals surface area contributed by atoms with Crippen LogP contribution in [-0.4, -0.2) is 5.78 Å². The van der Waals surface area contributed by atoms with E-state index in [4.69, 9.17) is 9.15 Å². The summed E-state index contributed by atoms with van der Waals surface area (Å²) in [6.07, 6.45) is 0. The van der Waals surface area contributed by atoms with Gasteiger partial charge < -0.3 is 9.15 Å². The van der Waals surface area contributed by atoms with Gasteiger partial charge in [-0.15, -0.1) is 0 Å². The van der Waals surface area contributed by atoms with Crippen molar-refractivity contribution in [2.24, 2.45) is 0 Å². The van der Waals surface area contributed by atoms with Crippen LogP contribution in [0, 0.1) is 6.92 Å². The molecule has 0 fully saturated rings. The van der Waals surface area contributed by atoms with Crippen LogP contribution < -0.4 is 10.4 Å². The van der Waals surface area contributed by atoms with Gasteiger partial charge in [0.25, 0.3) is 0 Å². The molecule has 0 bridgehead atoms. The Morgan fingerprint density at radius 2 is 1.92 bits per heavy atom. The first-order valence-electron chi connectivity index (χ1n) is 8.66. The number of hydrogen-bond acceptors (Lipinski definition) is 4. The minimum atomic E-state index is -0.398. The molecule has 1 aromatic heterocycles. The van der Waals surface area contributed by atoms with Crippen LogP contribution in [0.15, 0.2) is 51.7 Å². The van der Waals surface area contributed by atoms with Crippen molar-refractivity contribution in [3.63, 3.8) is 0 Å². The Hall–Kier alpha value is -2.88. The molecule has 0 saturated heterocycles. The number of ketones is 1. The monoisotopic (exact) mass is 350 g/mol. The Balaban J connectivity index is 1.99. The normalized spacial score (nSPS) is 11.1. The molecule has 0 N–H and O–H groups in total. The van der Waals surface area contributed by atoms with Gasteiger partial charge in [-0.05, 0) is 55.2 Å². The van der Waals surface area contributed by atoms with E-state index in [2.05, 4.69) is 19.9 Å². The van der Waals surface area contributed by atoms with Gasteiger partial charge >= 0.3 is 5.63 Å². The molecule has 0 radical (unpaired) electrons. The molecule has 0 aliphatic carbocycles. The largest absolute Gasteiger partial charge is 0.489 e. The molecule has 0 spiro atoms. The number of aryl methyl sites for hydroxylation is 1. The summed E-state index contributed by atoms with van der Waals surface area (Å²) in [6, 6.07) is 12.5. The molecule has 0 aliphatic heterocycles. The molecule has 4 heteroatoms. The number of rotatable bonds is 5. The smallest absolute Gasteiger partial charge is 0.336 e. The van der Waals surface area contributed by atoms with E-state index >= 15 is 0 Å². The van der Waals surface area contributed by atoms with Crippen molar-refractivity contribution >= 4 is 16.8 Å². The maximum absolute atomic E-state index is 11.9. The zero-order valence-electron chi connectivity index (χ0n) is 15.5. The lowest BCUT2D eigenvalue weighted by Crippen LogP contribution is -2.05. The third kappa shape index (κ3) is 3.69. The van der Waals surface area contributed by atoms with Gasteiger partial charge in [-0.2, -0.15) is 0 Å². The van der Waals surface area contributed by atoms with Gasteiger partial charge in [-0.25, -0.2) is 4.79 Å². The van der Waals surface area contributed by atoms with E-state index in [-0.39, 0.29) is 12.4 Å². The highest BCUT2D eigenvalue weighted by molar-refractivity contribution is 5.94. The SMILES string of the molecule is CC(=O)c1cccc(OCc2cc(=O)oc3cc(C)c(C(C)C)cc23)c1. The second kappa shape index (κ2) is 7.16. The van der Waals surface area contributed by atoms with Crippen LogP contribution in [0.25, 0.3) is 11.0 Å². The number of fused-ring (bicyclic) bond motifs is 1. The van der Waals surface area contributed by atoms with Crippen molar-refractivity contribution in [2.75, 3.05) is 0 Å². The number of Topliss-reactive ketones (excluding diaryl/α,β-unsaturated/α-hetero) is 1. The lowest BCUT2D eigenvalue weighted by molar-refractivity contribution is 0.101. The molecule has 0 aliphatic rings. The second-order valence-electron chi connectivity index (χ2n) is 6.82. The van der Waals surface area contributed by atoms with E-state index in [1.54, 1.807) is 24.3 Å². The minimum absolute atomic E-state index is 0.0155. The molecule has 4 nitrogen and oxygen atoms in total. The lowest BCUT2D eigenvalue weighted by Gasteiger charge is -2.13. The van der Waals surface area contributed by atoms with Crippen LogP contribution in [0.3, 0.4) is 0 Å². The average Bonchev–Trinajstić information content (AvgIpc) is 2.58. The third-order valence-corrected chi connectivity index (χ3v) is 4.47. The minimum Gasteiger partial charge on any atom is -0.489 e. The highest BCUT2D eigenvalue weighted by Crippen LogP contribution is 2.27. The number of carbonyl (C=O) groups is 1. The Morgan fingerprint density at radius 3 is 2.62 bits per heavy atom. The highest BCUT2D eigenvalue weighted by atomic mass is 16.5. The predicted octanol–water partition coefficient (Wildman–Crippen LogP) is 5.01. The van der Waals surface area contributed by atoms with Gasteiger partial charge in [0.15, 0.2) is 5.78 Å². The molecule has 0 amide bonds. The predicted molar refractivity (Wildman–Crippen MR) is 102 cm³/mol. The standard InChI is InChI=1S/C22H22O4/c1-13(2)19-11-20-17(10-22(24)26-21(20)8-14(19)3)12-25-18-7-5-6-16(9-18)15(4)23/h5-11,13H,12H2,1-4H3. The maximum Gasteiger partial charge on any atom is 0.336 e. The summed E-state index contributed by atoms with van der Waals surface area (Å²) in [5, 5.41) is 0.877. The topological polar surface area (TPSA) is 56.5 Å². The zero-order chi connectivity index (χ0) is 18.8. The maximum atomic E-state index is 11.9. The molecule has 0 atom stereocenters. The van der Waals surface area contributed by atoms with Crippen LogP contribution in [-0.2, 0) is 6.61 Å². The van der Waals surface area contributed by atoms with Crippen LogP contribution in [0.4, 0.5) is 0 Å². The second-order valence-corrected chi connectivity index (χ2v) is 6.82. The van der Waals surface area contributed by atoms with E-state index < -0.39 is 5.63 Å². The first kappa shape index (κ1) is 17.9. The Kier molecular flexibility index (Phi) is 4.94. The fourth-order valence-electron chi connectivity index (χ4n) is 3.10. The number of carbonyl (C=O) groups excluding carboxylic acids is 1. The van der Waals surface area contributed by atoms with E-state index in [1.807, 2.05) is 13.0 Å². The van der Waals surface area contributed by atoms with Gasteiger partial charge in [0.2, 0.25) is 0 Å². The first-order valence-corrected chi connectivity index (χ1v) is 8.66. The van der Waals surface area contributed by atoms with Crippen molar-refractivity contribution in [3.8, 4) is 5.75 Å². The summed E-state index contributed by atoms with van der Waals surface area (Å²) < 4.78 is 11.2. The van der Waals surface area contributed by atoms with Crippen molar-refractivity contribution in [2.45, 2.75) is 40.2 Å². The fraction of sp³-hybridized carbons (Fsp3) is 0.273. The van der Waals surface area contributed by atoms with Gasteiger partial charge in [0.1, 0.15) is 17.9 Å². The van der Waals surface area contributed by atoms with Crippen LogP contribution in [0.1, 0.15) is 53.7 Å². The fourth-order valence-corrected chi connectivity index (χ4v) is 3.10. The van der Waals surface area contributed by atoms with E-state index in [0.717, 1.165) is 16.5 Å². The van der Waals surface area contributed by atoms with E-state index in [1.165, 1.54) is 18.6 Å². The molecule has 0 saturated carbocycles. The van der Waals surface area contributed by atoms with Crippen molar-refractivity contribution in [1.82, 2.24) is 0 Å². The first-order chi connectivity index (χ1) is 12.3. The molecule has 1 heterocycles. The summed E-state index contributed by atoms with van der Waals surface area (Å²) in [5.74, 6) is 0.945. The summed E-state index contributed by atoms with van der Waals surface area (Å²) in [5.41, 5.74) is 3.85. The van der Waals surface area contributed by atoms with Gasteiger partial charge in [0, 0.05) is 22.6 Å². The summed E-state index contributed by atoms with van der Waals surface area (Å²) in [7, 11) is 0. The number of benzene rings is 2. The van der Waals surface area contributed by atoms with Gasteiger partial charge in [0.05, 0.1) is 0 Å². The van der Waals surface area contributed by atoms with Crippen molar-refractivity contribution in [3.05, 3.63) is 75.1 Å². The van der Waals surface area contributed by atoms with Crippen molar-refractivity contribution < 1.29 is 13.9 Å². The Morgan fingerprint density at radius 1 is 1.15 bits per heavy atom. The summed E-state index contributed by atoms with van der Waals surface area (Å²) in [6.45, 7) is 8.04. The van der Waals surface area contributed by atoms with Crippen LogP contribution in [0.2, 0.25) is 0 Å². The quantitative estimate of drug-likeness (QED) is 0.479. The highest BCUT2D eigenvalue weighted by Gasteiger charge is 2.12. The molecular formula is C22H22O4. The number of hydrogen-bond donors (Lipinski definition) is 0. The zero-order valence-corrected chi connectivity index (χ0v) is 15.5. The van der Waals surface area contributed by atoms with Gasteiger partial charge in [-0.1, -0.05) is 26.0 Å². The molecule has 3 aromatic rings. The average molecular weight is 350 g/mol. The lowest BCUT2D eigenvalue weighted by atomic mass is 9.95. The van der Waals surface area contributed by atoms with Crippen molar-refractivity contribution in [1.29, 1.82) is 0 Å².